The molecular weight excluding hydrogens is 228 g/mol. The summed E-state index contributed by atoms with van der Waals surface area (Å²) in [7, 11) is 1.86. The molecule has 96 valence electrons. The van der Waals surface area contributed by atoms with E-state index in [0.717, 1.165) is 17.0 Å². The first-order chi connectivity index (χ1) is 8.63. The molecule has 0 fully saturated rings. The van der Waals surface area contributed by atoms with Gasteiger partial charge in [0.1, 0.15) is 5.75 Å². The molecule has 1 N–H and O–H groups in total. The standard InChI is InChI=1S/C14H18N2O2/c1-10(8-15-3)9-16-12-6-4-5-7-13(12)18-11(2)14(16)17/h4-7,11,15H,1,8-9H2,2-3H3. The first-order valence-corrected chi connectivity index (χ1v) is 6.01. The van der Waals surface area contributed by atoms with E-state index in [1.807, 2.05) is 31.3 Å². The highest BCUT2D eigenvalue weighted by atomic mass is 16.5. The number of hydrogen-bond donors (Lipinski definition) is 1. The van der Waals surface area contributed by atoms with Crippen molar-refractivity contribution in [2.75, 3.05) is 25.0 Å². The molecule has 1 heterocycles. The summed E-state index contributed by atoms with van der Waals surface area (Å²) in [5, 5.41) is 3.04. The number of para-hydroxylation sites is 2. The largest absolute Gasteiger partial charge is 0.479 e. The lowest BCUT2D eigenvalue weighted by Crippen LogP contribution is -2.45. The van der Waals surface area contributed by atoms with Gasteiger partial charge in [0.2, 0.25) is 0 Å². The Morgan fingerprint density at radius 1 is 1.50 bits per heavy atom. The lowest BCUT2D eigenvalue weighted by Gasteiger charge is -2.33. The van der Waals surface area contributed by atoms with E-state index in [-0.39, 0.29) is 5.91 Å². The number of nitrogens with one attached hydrogen (secondary N) is 1. The number of carbonyl (C=O) groups is 1. The number of likely N-dealkylation sites (N-methyl/N-ethyl adjacent to an activating group) is 1. The lowest BCUT2D eigenvalue weighted by molar-refractivity contribution is -0.125. The predicted molar refractivity (Wildman–Crippen MR) is 72.0 cm³/mol. The van der Waals surface area contributed by atoms with E-state index in [4.69, 9.17) is 4.74 Å². The maximum Gasteiger partial charge on any atom is 0.268 e. The van der Waals surface area contributed by atoms with Gasteiger partial charge in [0, 0.05) is 13.1 Å². The zero-order chi connectivity index (χ0) is 13.1. The molecule has 0 radical (unpaired) electrons. The Morgan fingerprint density at radius 3 is 2.94 bits per heavy atom. The first-order valence-electron chi connectivity index (χ1n) is 6.01. The molecule has 0 aliphatic carbocycles. The second kappa shape index (κ2) is 5.23. The molecule has 18 heavy (non-hydrogen) atoms. The average Bonchev–Trinajstić information content (AvgIpc) is 2.35. The van der Waals surface area contributed by atoms with Gasteiger partial charge in [-0.05, 0) is 31.7 Å². The summed E-state index contributed by atoms with van der Waals surface area (Å²) in [6.07, 6.45) is -0.442. The molecule has 1 aromatic carbocycles. The monoisotopic (exact) mass is 246 g/mol. The van der Waals surface area contributed by atoms with Gasteiger partial charge in [-0.2, -0.15) is 0 Å². The van der Waals surface area contributed by atoms with Gasteiger partial charge in [-0.25, -0.2) is 0 Å². The highest BCUT2D eigenvalue weighted by molar-refractivity contribution is 6.00. The quantitative estimate of drug-likeness (QED) is 0.820. The zero-order valence-electron chi connectivity index (χ0n) is 10.8. The van der Waals surface area contributed by atoms with Gasteiger partial charge in [0.25, 0.3) is 5.91 Å². The third-order valence-electron chi connectivity index (χ3n) is 2.88. The molecule has 2 rings (SSSR count). The van der Waals surface area contributed by atoms with Crippen LogP contribution in [0.3, 0.4) is 0 Å². The van der Waals surface area contributed by atoms with Crippen LogP contribution in [0.15, 0.2) is 36.4 Å². The van der Waals surface area contributed by atoms with Crippen LogP contribution < -0.4 is 15.0 Å². The molecule has 1 aliphatic rings. The number of hydrogen-bond acceptors (Lipinski definition) is 3. The van der Waals surface area contributed by atoms with E-state index in [1.165, 1.54) is 0 Å². The Balaban J connectivity index is 2.27. The molecule has 4 heteroatoms. The fraction of sp³-hybridized carbons (Fsp3) is 0.357. The van der Waals surface area contributed by atoms with Crippen LogP contribution in [0.2, 0.25) is 0 Å². The van der Waals surface area contributed by atoms with Gasteiger partial charge in [-0.1, -0.05) is 18.7 Å². The van der Waals surface area contributed by atoms with Gasteiger partial charge in [0.05, 0.1) is 5.69 Å². The second-order valence-corrected chi connectivity index (χ2v) is 4.43. The van der Waals surface area contributed by atoms with Gasteiger partial charge < -0.3 is 15.0 Å². The summed E-state index contributed by atoms with van der Waals surface area (Å²) in [6.45, 7) is 6.96. The summed E-state index contributed by atoms with van der Waals surface area (Å²) in [6, 6.07) is 7.58. The Labute approximate surface area is 107 Å². The van der Waals surface area contributed by atoms with Crippen molar-refractivity contribution in [1.82, 2.24) is 5.32 Å². The first kappa shape index (κ1) is 12.6. The molecule has 1 amide bonds. The van der Waals surface area contributed by atoms with Crippen LogP contribution >= 0.6 is 0 Å². The smallest absolute Gasteiger partial charge is 0.268 e. The van der Waals surface area contributed by atoms with Crippen molar-refractivity contribution in [2.24, 2.45) is 0 Å². The summed E-state index contributed by atoms with van der Waals surface area (Å²) >= 11 is 0. The van der Waals surface area contributed by atoms with Crippen LogP contribution in [0, 0.1) is 0 Å². The number of amides is 1. The molecule has 0 aromatic heterocycles. The van der Waals surface area contributed by atoms with E-state index in [0.29, 0.717) is 13.1 Å². The van der Waals surface area contributed by atoms with Gasteiger partial charge >= 0.3 is 0 Å². The fourth-order valence-electron chi connectivity index (χ4n) is 2.05. The number of benzene rings is 1. The number of anilines is 1. The van der Waals surface area contributed by atoms with E-state index in [9.17, 15) is 4.79 Å². The van der Waals surface area contributed by atoms with E-state index in [2.05, 4.69) is 11.9 Å². The third kappa shape index (κ3) is 2.38. The minimum Gasteiger partial charge on any atom is -0.479 e. The van der Waals surface area contributed by atoms with Crippen molar-refractivity contribution in [3.63, 3.8) is 0 Å². The Bertz CT molecular complexity index is 471. The molecule has 0 spiro atoms. The Kier molecular flexibility index (Phi) is 3.67. The molecule has 4 nitrogen and oxygen atoms in total. The summed E-state index contributed by atoms with van der Waals surface area (Å²) in [5.74, 6) is 0.729. The summed E-state index contributed by atoms with van der Waals surface area (Å²) in [4.78, 5) is 13.9. The molecule has 1 aliphatic heterocycles. The van der Waals surface area contributed by atoms with Crippen molar-refractivity contribution in [2.45, 2.75) is 13.0 Å². The van der Waals surface area contributed by atoms with Gasteiger partial charge in [-0.15, -0.1) is 0 Å². The minimum absolute atomic E-state index is 0.0223. The molecule has 1 unspecified atom stereocenters. The van der Waals surface area contributed by atoms with Gasteiger partial charge in [0.15, 0.2) is 6.10 Å². The van der Waals surface area contributed by atoms with Gasteiger partial charge in [-0.3, -0.25) is 4.79 Å². The van der Waals surface area contributed by atoms with E-state index < -0.39 is 6.10 Å². The van der Waals surface area contributed by atoms with Crippen LogP contribution in [-0.2, 0) is 4.79 Å². The van der Waals surface area contributed by atoms with Crippen LogP contribution in [0.25, 0.3) is 0 Å². The molecule has 0 saturated heterocycles. The van der Waals surface area contributed by atoms with Crippen molar-refractivity contribution in [3.8, 4) is 5.75 Å². The topological polar surface area (TPSA) is 41.6 Å². The van der Waals surface area contributed by atoms with Crippen LogP contribution in [0.4, 0.5) is 5.69 Å². The third-order valence-corrected chi connectivity index (χ3v) is 2.88. The maximum absolute atomic E-state index is 12.2. The number of ether oxygens (including phenoxy) is 1. The molecule has 1 aromatic rings. The number of nitrogens with zero attached hydrogens (tertiary/aromatic N) is 1. The molecule has 1 atom stereocenters. The lowest BCUT2D eigenvalue weighted by atomic mass is 10.1. The number of carbonyl (C=O) groups excluding carboxylic acids is 1. The normalized spacial score (nSPS) is 18.2. The zero-order valence-corrected chi connectivity index (χ0v) is 10.8. The Hall–Kier alpha value is -1.81. The van der Waals surface area contributed by atoms with Crippen molar-refractivity contribution in [3.05, 3.63) is 36.4 Å². The van der Waals surface area contributed by atoms with Crippen molar-refractivity contribution >= 4 is 11.6 Å². The number of fused-ring (bicyclic) bond motifs is 1. The van der Waals surface area contributed by atoms with Crippen LogP contribution in [0.1, 0.15) is 6.92 Å². The Morgan fingerprint density at radius 2 is 2.22 bits per heavy atom. The fourth-order valence-corrected chi connectivity index (χ4v) is 2.05. The van der Waals surface area contributed by atoms with E-state index >= 15 is 0 Å². The van der Waals surface area contributed by atoms with Crippen molar-refractivity contribution < 1.29 is 9.53 Å². The second-order valence-electron chi connectivity index (χ2n) is 4.43. The van der Waals surface area contributed by atoms with Crippen LogP contribution in [0.5, 0.6) is 5.75 Å². The van der Waals surface area contributed by atoms with E-state index in [1.54, 1.807) is 11.8 Å². The highest BCUT2D eigenvalue weighted by Gasteiger charge is 2.31. The maximum atomic E-state index is 12.2. The van der Waals surface area contributed by atoms with Crippen molar-refractivity contribution in [1.29, 1.82) is 0 Å². The molecular formula is C14H18N2O2. The molecule has 0 saturated carbocycles. The minimum atomic E-state index is -0.442. The SMILES string of the molecule is C=C(CNC)CN1C(=O)C(C)Oc2ccccc21. The summed E-state index contributed by atoms with van der Waals surface area (Å²) in [5.41, 5.74) is 1.78. The molecule has 0 bridgehead atoms. The van der Waals surface area contributed by atoms with Crippen LogP contribution in [-0.4, -0.2) is 32.1 Å². The average molecular weight is 246 g/mol. The predicted octanol–water partition coefficient (Wildman–Crippen LogP) is 1.58. The summed E-state index contributed by atoms with van der Waals surface area (Å²) < 4.78 is 5.58. The highest BCUT2D eigenvalue weighted by Crippen LogP contribution is 2.33. The number of rotatable bonds is 4.